The molecule has 0 saturated heterocycles. The second-order valence-corrected chi connectivity index (χ2v) is 10.6. The van der Waals surface area contributed by atoms with E-state index in [0.717, 1.165) is 11.1 Å². The lowest BCUT2D eigenvalue weighted by Gasteiger charge is -2.40. The van der Waals surface area contributed by atoms with E-state index in [9.17, 15) is 15.0 Å². The summed E-state index contributed by atoms with van der Waals surface area (Å²) in [5.74, 6) is -1.54. The van der Waals surface area contributed by atoms with E-state index in [2.05, 4.69) is 0 Å². The van der Waals surface area contributed by atoms with Crippen LogP contribution in [0.25, 0.3) is 0 Å². The minimum atomic E-state index is -2.08. The third-order valence-corrected chi connectivity index (χ3v) is 8.40. The van der Waals surface area contributed by atoms with Gasteiger partial charge in [0.1, 0.15) is 30.0 Å². The molecule has 1 aliphatic heterocycles. The molecular weight excluding hydrogens is 520 g/mol. The van der Waals surface area contributed by atoms with Gasteiger partial charge in [0.05, 0.1) is 25.7 Å². The van der Waals surface area contributed by atoms with Gasteiger partial charge in [0, 0.05) is 18.1 Å². The average molecular weight is 553 g/mol. The van der Waals surface area contributed by atoms with E-state index in [1.54, 1.807) is 12.1 Å². The number of carbonyl (C=O) groups is 1. The molecule has 4 aromatic rings. The normalized spacial score (nSPS) is 26.0. The van der Waals surface area contributed by atoms with E-state index in [1.807, 2.05) is 91.9 Å². The molecule has 41 heavy (non-hydrogen) atoms. The zero-order valence-corrected chi connectivity index (χ0v) is 23.1. The molecule has 5 atom stereocenters. The van der Waals surface area contributed by atoms with Crippen LogP contribution in [0.15, 0.2) is 97.1 Å². The van der Waals surface area contributed by atoms with Crippen molar-refractivity contribution in [3.05, 3.63) is 125 Å². The summed E-state index contributed by atoms with van der Waals surface area (Å²) in [7, 11) is 2.76. The standard InChI is InChI=1S/C34H32O7/c1-21-14-16-24(17-15-21)34-29(23-12-8-5-9-13-23)28(32(36)39-3)31(35)33(34,37)30-26(38-2)18-25(19-27(30)41-34)40-20-22-10-6-4-7-11-22/h4-19,28-29,31,35,37H,20H2,1-3H3/t28-,29-,31-,33+,34+/m1/s1. The Balaban J connectivity index is 1.58. The van der Waals surface area contributed by atoms with Crippen molar-refractivity contribution >= 4 is 5.97 Å². The van der Waals surface area contributed by atoms with E-state index in [1.165, 1.54) is 14.2 Å². The molecule has 1 heterocycles. The fourth-order valence-electron chi connectivity index (χ4n) is 6.57. The van der Waals surface area contributed by atoms with Gasteiger partial charge in [-0.2, -0.15) is 0 Å². The molecule has 2 N–H and O–H groups in total. The maximum Gasteiger partial charge on any atom is 0.312 e. The van der Waals surface area contributed by atoms with Crippen LogP contribution in [0.5, 0.6) is 17.2 Å². The van der Waals surface area contributed by atoms with Gasteiger partial charge in [0.2, 0.25) is 0 Å². The number of hydrogen-bond acceptors (Lipinski definition) is 7. The molecule has 2 aliphatic rings. The Morgan fingerprint density at radius 2 is 1.59 bits per heavy atom. The molecule has 1 fully saturated rings. The summed E-state index contributed by atoms with van der Waals surface area (Å²) in [6.45, 7) is 2.28. The van der Waals surface area contributed by atoms with E-state index in [4.69, 9.17) is 18.9 Å². The predicted molar refractivity (Wildman–Crippen MR) is 152 cm³/mol. The molecule has 6 rings (SSSR count). The van der Waals surface area contributed by atoms with E-state index in [0.29, 0.717) is 29.2 Å². The predicted octanol–water partition coefficient (Wildman–Crippen LogP) is 5.01. The topological polar surface area (TPSA) is 94.5 Å². The molecule has 0 amide bonds. The molecule has 7 heteroatoms. The van der Waals surface area contributed by atoms with Crippen molar-refractivity contribution in [3.63, 3.8) is 0 Å². The average Bonchev–Trinajstić information content (AvgIpc) is 3.38. The zero-order valence-electron chi connectivity index (χ0n) is 23.1. The third-order valence-electron chi connectivity index (χ3n) is 8.40. The highest BCUT2D eigenvalue weighted by Crippen LogP contribution is 2.70. The first kappa shape index (κ1) is 26.9. The van der Waals surface area contributed by atoms with Gasteiger partial charge in [-0.1, -0.05) is 90.5 Å². The number of aryl methyl sites for hydroxylation is 1. The highest BCUT2D eigenvalue weighted by molar-refractivity contribution is 5.78. The number of fused-ring (bicyclic) bond motifs is 3. The van der Waals surface area contributed by atoms with Crippen molar-refractivity contribution in [1.29, 1.82) is 0 Å². The Hall–Kier alpha value is -4.33. The van der Waals surface area contributed by atoms with Crippen molar-refractivity contribution in [2.45, 2.75) is 36.8 Å². The molecule has 210 valence electrons. The molecular formula is C34H32O7. The van der Waals surface area contributed by atoms with Crippen LogP contribution in [0.3, 0.4) is 0 Å². The highest BCUT2D eigenvalue weighted by Gasteiger charge is 2.78. The van der Waals surface area contributed by atoms with Gasteiger partial charge in [0.25, 0.3) is 0 Å². The number of aliphatic hydroxyl groups is 2. The van der Waals surface area contributed by atoms with Crippen molar-refractivity contribution < 1.29 is 34.0 Å². The Bertz CT molecular complexity index is 1550. The monoisotopic (exact) mass is 552 g/mol. The molecule has 0 bridgehead atoms. The number of carbonyl (C=O) groups excluding carboxylic acids is 1. The number of hydrogen-bond donors (Lipinski definition) is 2. The van der Waals surface area contributed by atoms with Gasteiger partial charge in [-0.3, -0.25) is 4.79 Å². The van der Waals surface area contributed by atoms with Crippen LogP contribution in [0.1, 0.15) is 33.7 Å². The lowest BCUT2D eigenvalue weighted by Crippen LogP contribution is -2.52. The molecule has 0 aromatic heterocycles. The second-order valence-electron chi connectivity index (χ2n) is 10.6. The Morgan fingerprint density at radius 3 is 2.22 bits per heavy atom. The quantitative estimate of drug-likeness (QED) is 0.312. The molecule has 4 aromatic carbocycles. The van der Waals surface area contributed by atoms with E-state index >= 15 is 0 Å². The van der Waals surface area contributed by atoms with Crippen LogP contribution in [0, 0.1) is 12.8 Å². The largest absolute Gasteiger partial charge is 0.496 e. The lowest BCUT2D eigenvalue weighted by atomic mass is 9.70. The van der Waals surface area contributed by atoms with Crippen LogP contribution in [0.2, 0.25) is 0 Å². The smallest absolute Gasteiger partial charge is 0.312 e. The van der Waals surface area contributed by atoms with Gasteiger partial charge in [-0.05, 0) is 23.6 Å². The summed E-state index contributed by atoms with van der Waals surface area (Å²) >= 11 is 0. The maximum absolute atomic E-state index is 13.3. The maximum atomic E-state index is 13.3. The van der Waals surface area contributed by atoms with Gasteiger partial charge >= 0.3 is 5.97 Å². The van der Waals surface area contributed by atoms with Crippen molar-refractivity contribution in [1.82, 2.24) is 0 Å². The second kappa shape index (κ2) is 10.3. The van der Waals surface area contributed by atoms with Crippen LogP contribution in [0.4, 0.5) is 0 Å². The minimum absolute atomic E-state index is 0.257. The highest BCUT2D eigenvalue weighted by atomic mass is 16.6. The fraction of sp³-hybridized carbons (Fsp3) is 0.265. The molecule has 0 unspecified atom stereocenters. The lowest BCUT2D eigenvalue weighted by molar-refractivity contribution is -0.161. The summed E-state index contributed by atoms with van der Waals surface area (Å²) in [6, 6.07) is 30.0. The van der Waals surface area contributed by atoms with E-state index in [-0.39, 0.29) is 11.3 Å². The van der Waals surface area contributed by atoms with Crippen LogP contribution < -0.4 is 14.2 Å². The fourth-order valence-corrected chi connectivity index (χ4v) is 6.57. The summed E-state index contributed by atoms with van der Waals surface area (Å²) in [6.07, 6.45) is -1.59. The summed E-state index contributed by atoms with van der Waals surface area (Å²) in [5.41, 5.74) is -0.111. The van der Waals surface area contributed by atoms with Crippen molar-refractivity contribution in [3.8, 4) is 17.2 Å². The van der Waals surface area contributed by atoms with Crippen molar-refractivity contribution in [2.75, 3.05) is 14.2 Å². The summed E-state index contributed by atoms with van der Waals surface area (Å²) in [4.78, 5) is 13.3. The SMILES string of the molecule is COC(=O)[C@H]1[C@@H](O)[C@@]2(O)c3c(OC)cc(OCc4ccccc4)cc3O[C@@]2(c2ccc(C)cc2)[C@@H]1c1ccccc1. The number of esters is 1. The van der Waals surface area contributed by atoms with Crippen molar-refractivity contribution in [2.24, 2.45) is 5.92 Å². The van der Waals surface area contributed by atoms with Gasteiger partial charge in [-0.25, -0.2) is 0 Å². The molecule has 0 spiro atoms. The molecule has 1 aliphatic carbocycles. The number of benzene rings is 4. The molecule has 0 radical (unpaired) electrons. The third kappa shape index (κ3) is 3.99. The van der Waals surface area contributed by atoms with Gasteiger partial charge in [-0.15, -0.1) is 0 Å². The summed E-state index contributed by atoms with van der Waals surface area (Å²) in [5, 5.41) is 24.9. The summed E-state index contributed by atoms with van der Waals surface area (Å²) < 4.78 is 23.9. The Labute approximate surface area is 238 Å². The molecule has 7 nitrogen and oxygen atoms in total. The Morgan fingerprint density at radius 1 is 0.927 bits per heavy atom. The van der Waals surface area contributed by atoms with Crippen LogP contribution in [-0.4, -0.2) is 36.5 Å². The van der Waals surface area contributed by atoms with E-state index < -0.39 is 35.1 Å². The number of ether oxygens (including phenoxy) is 4. The first-order valence-electron chi connectivity index (χ1n) is 13.5. The first-order valence-corrected chi connectivity index (χ1v) is 13.5. The van der Waals surface area contributed by atoms with Crippen LogP contribution in [-0.2, 0) is 27.3 Å². The zero-order chi connectivity index (χ0) is 28.8. The molecule has 1 saturated carbocycles. The number of rotatable bonds is 7. The first-order chi connectivity index (χ1) is 19.8. The minimum Gasteiger partial charge on any atom is -0.496 e. The Kier molecular flexibility index (Phi) is 6.72. The number of methoxy groups -OCH3 is 2. The van der Waals surface area contributed by atoms with Gasteiger partial charge < -0.3 is 29.2 Å². The van der Waals surface area contributed by atoms with Gasteiger partial charge in [0.15, 0.2) is 11.2 Å². The van der Waals surface area contributed by atoms with Crippen LogP contribution >= 0.6 is 0 Å². The number of aliphatic hydroxyl groups excluding tert-OH is 1.